The summed E-state index contributed by atoms with van der Waals surface area (Å²) in [6, 6.07) is 4.05. The van der Waals surface area contributed by atoms with Crippen molar-refractivity contribution < 1.29 is 23.1 Å². The second-order valence-electron chi connectivity index (χ2n) is 7.48. The van der Waals surface area contributed by atoms with E-state index in [2.05, 4.69) is 4.98 Å². The van der Waals surface area contributed by atoms with Crippen LogP contribution in [0.15, 0.2) is 27.8 Å². The number of hydrogen-bond donors (Lipinski definition) is 0. The van der Waals surface area contributed by atoms with Gasteiger partial charge in [-0.2, -0.15) is 0 Å². The zero-order valence-electron chi connectivity index (χ0n) is 15.3. The van der Waals surface area contributed by atoms with E-state index in [-0.39, 0.29) is 22.9 Å². The molecule has 0 bridgehead atoms. The number of oxazole rings is 1. The standard InChI is InChI=1S/C17H21N3O6S/c1-17(2,3)26-16(21)19-7-6-11(9-19)10-27(24)15-18-13-8-12(20(22)23)4-5-14(13)25-15/h4-5,8,11H,6-7,9-10H2,1-3H3/t11-,27-/m1/s1. The highest BCUT2D eigenvalue weighted by molar-refractivity contribution is 7.84. The van der Waals surface area contributed by atoms with E-state index in [4.69, 9.17) is 9.15 Å². The number of carbonyl (C=O) groups excluding carboxylic acids is 1. The van der Waals surface area contributed by atoms with Crippen molar-refractivity contribution in [2.24, 2.45) is 5.92 Å². The first-order valence-corrected chi connectivity index (χ1v) is 9.85. The summed E-state index contributed by atoms with van der Waals surface area (Å²) in [4.78, 5) is 28.2. The molecule has 0 N–H and O–H groups in total. The quantitative estimate of drug-likeness (QED) is 0.577. The Morgan fingerprint density at radius 2 is 2.22 bits per heavy atom. The monoisotopic (exact) mass is 395 g/mol. The minimum atomic E-state index is -1.50. The molecule has 1 aromatic heterocycles. The molecular formula is C17H21N3O6S. The smallest absolute Gasteiger partial charge is 0.410 e. The van der Waals surface area contributed by atoms with Gasteiger partial charge < -0.3 is 14.1 Å². The molecule has 1 aliphatic rings. The van der Waals surface area contributed by atoms with Crippen LogP contribution in [0.25, 0.3) is 11.1 Å². The summed E-state index contributed by atoms with van der Waals surface area (Å²) in [5.41, 5.74) is -0.00394. The normalized spacial score (nSPS) is 18.6. The molecule has 1 fully saturated rings. The van der Waals surface area contributed by atoms with Gasteiger partial charge in [0.15, 0.2) is 5.58 Å². The van der Waals surface area contributed by atoms with Crippen molar-refractivity contribution in [1.82, 2.24) is 9.88 Å². The van der Waals surface area contributed by atoms with Crippen LogP contribution in [0.5, 0.6) is 0 Å². The summed E-state index contributed by atoms with van der Waals surface area (Å²) in [5.74, 6) is 0.344. The van der Waals surface area contributed by atoms with E-state index < -0.39 is 21.3 Å². The van der Waals surface area contributed by atoms with Gasteiger partial charge in [-0.05, 0) is 39.2 Å². The van der Waals surface area contributed by atoms with Gasteiger partial charge in [-0.3, -0.25) is 10.1 Å². The predicted octanol–water partition coefficient (Wildman–Crippen LogP) is 3.10. The maximum absolute atomic E-state index is 12.6. The van der Waals surface area contributed by atoms with Crippen LogP contribution in [-0.2, 0) is 15.5 Å². The summed E-state index contributed by atoms with van der Waals surface area (Å²) in [7, 11) is -1.50. The summed E-state index contributed by atoms with van der Waals surface area (Å²) < 4.78 is 23.4. The number of rotatable bonds is 4. The van der Waals surface area contributed by atoms with Crippen LogP contribution in [-0.4, -0.2) is 49.6 Å². The van der Waals surface area contributed by atoms with Crippen LogP contribution in [0.2, 0.25) is 0 Å². The molecule has 27 heavy (non-hydrogen) atoms. The largest absolute Gasteiger partial charge is 0.444 e. The van der Waals surface area contributed by atoms with Gasteiger partial charge in [0.05, 0.1) is 4.92 Å². The third-order valence-electron chi connectivity index (χ3n) is 4.08. The predicted molar refractivity (Wildman–Crippen MR) is 97.9 cm³/mol. The van der Waals surface area contributed by atoms with E-state index in [0.717, 1.165) is 6.42 Å². The number of likely N-dealkylation sites (tertiary alicyclic amines) is 1. The molecule has 2 heterocycles. The van der Waals surface area contributed by atoms with E-state index >= 15 is 0 Å². The van der Waals surface area contributed by atoms with Gasteiger partial charge in [0, 0.05) is 31.0 Å². The molecule has 0 radical (unpaired) electrons. The fraction of sp³-hybridized carbons (Fsp3) is 0.529. The summed E-state index contributed by atoms with van der Waals surface area (Å²) >= 11 is 0. The highest BCUT2D eigenvalue weighted by Gasteiger charge is 2.31. The number of nitro groups is 1. The van der Waals surface area contributed by atoms with Crippen molar-refractivity contribution in [3.05, 3.63) is 28.3 Å². The molecule has 146 valence electrons. The molecule has 0 saturated carbocycles. The lowest BCUT2D eigenvalue weighted by molar-refractivity contribution is -0.384. The maximum atomic E-state index is 12.6. The number of nitrogens with zero attached hydrogens (tertiary/aromatic N) is 3. The number of benzene rings is 1. The lowest BCUT2D eigenvalue weighted by atomic mass is 10.2. The number of carbonyl (C=O) groups is 1. The second-order valence-corrected chi connectivity index (χ2v) is 8.86. The second kappa shape index (κ2) is 7.26. The lowest BCUT2D eigenvalue weighted by Gasteiger charge is -2.24. The van der Waals surface area contributed by atoms with Crippen LogP contribution in [0.3, 0.4) is 0 Å². The zero-order valence-corrected chi connectivity index (χ0v) is 16.2. The van der Waals surface area contributed by atoms with Crippen LogP contribution in [0, 0.1) is 16.0 Å². The fourth-order valence-electron chi connectivity index (χ4n) is 2.85. The van der Waals surface area contributed by atoms with E-state index in [1.807, 2.05) is 20.8 Å². The number of amides is 1. The van der Waals surface area contributed by atoms with Crippen molar-refractivity contribution in [3.8, 4) is 0 Å². The zero-order chi connectivity index (χ0) is 19.8. The topological polar surface area (TPSA) is 116 Å². The Bertz CT molecular complexity index is 904. The Hall–Kier alpha value is -2.49. The minimum absolute atomic E-state index is 0.0428. The third-order valence-corrected chi connectivity index (χ3v) is 5.42. The Morgan fingerprint density at radius 1 is 1.48 bits per heavy atom. The van der Waals surface area contributed by atoms with Crippen molar-refractivity contribution in [2.45, 2.75) is 38.0 Å². The minimum Gasteiger partial charge on any atom is -0.444 e. The molecule has 1 saturated heterocycles. The molecule has 1 amide bonds. The van der Waals surface area contributed by atoms with Crippen molar-refractivity contribution in [1.29, 1.82) is 0 Å². The SMILES string of the molecule is CC(C)(C)OC(=O)N1CC[C@@H](C[S@@](=O)c2nc3cc([N+](=O)[O-])ccc3o2)C1. The summed E-state index contributed by atoms with van der Waals surface area (Å²) in [5, 5.41) is 10.9. The van der Waals surface area contributed by atoms with Crippen LogP contribution >= 0.6 is 0 Å². The molecule has 10 heteroatoms. The Kier molecular flexibility index (Phi) is 5.18. The maximum Gasteiger partial charge on any atom is 0.410 e. The van der Waals surface area contributed by atoms with Gasteiger partial charge in [-0.25, -0.2) is 14.0 Å². The molecule has 0 unspecified atom stereocenters. The number of fused-ring (bicyclic) bond motifs is 1. The molecule has 0 spiro atoms. The highest BCUT2D eigenvalue weighted by Crippen LogP contribution is 2.25. The molecule has 0 aliphatic carbocycles. The fourth-order valence-corrected chi connectivity index (χ4v) is 4.08. The molecule has 1 aliphatic heterocycles. The Balaban J connectivity index is 1.63. The first-order valence-electron chi connectivity index (χ1n) is 8.53. The average Bonchev–Trinajstić information content (AvgIpc) is 3.18. The molecule has 3 rings (SSSR count). The van der Waals surface area contributed by atoms with Crippen molar-refractivity contribution >= 4 is 33.7 Å². The molecule has 1 aromatic carbocycles. The first-order chi connectivity index (χ1) is 12.6. The van der Waals surface area contributed by atoms with Gasteiger partial charge in [0.1, 0.15) is 21.9 Å². The lowest BCUT2D eigenvalue weighted by Crippen LogP contribution is -2.35. The molecule has 2 atom stereocenters. The molecular weight excluding hydrogens is 374 g/mol. The van der Waals surface area contributed by atoms with Gasteiger partial charge in [0.25, 0.3) is 10.9 Å². The van der Waals surface area contributed by atoms with E-state index in [1.165, 1.54) is 18.2 Å². The van der Waals surface area contributed by atoms with Gasteiger partial charge >= 0.3 is 6.09 Å². The number of aromatic nitrogens is 1. The van der Waals surface area contributed by atoms with E-state index in [9.17, 15) is 19.1 Å². The number of nitro benzene ring substituents is 1. The van der Waals surface area contributed by atoms with Gasteiger partial charge in [-0.15, -0.1) is 0 Å². The Morgan fingerprint density at radius 3 is 2.89 bits per heavy atom. The van der Waals surface area contributed by atoms with Crippen LogP contribution in [0.4, 0.5) is 10.5 Å². The van der Waals surface area contributed by atoms with Crippen LogP contribution < -0.4 is 0 Å². The third kappa shape index (κ3) is 4.62. The van der Waals surface area contributed by atoms with E-state index in [0.29, 0.717) is 29.9 Å². The first kappa shape index (κ1) is 19.3. The Labute approximate surface area is 158 Å². The molecule has 9 nitrogen and oxygen atoms in total. The number of hydrogen-bond acceptors (Lipinski definition) is 7. The van der Waals surface area contributed by atoms with Gasteiger partial charge in [0.2, 0.25) is 0 Å². The van der Waals surface area contributed by atoms with Crippen molar-refractivity contribution in [2.75, 3.05) is 18.8 Å². The average molecular weight is 395 g/mol. The van der Waals surface area contributed by atoms with E-state index in [1.54, 1.807) is 4.90 Å². The number of ether oxygens (including phenoxy) is 1. The van der Waals surface area contributed by atoms with Crippen LogP contribution in [0.1, 0.15) is 27.2 Å². The summed E-state index contributed by atoms with van der Waals surface area (Å²) in [6.07, 6.45) is 0.349. The number of non-ortho nitro benzene ring substituents is 1. The molecule has 2 aromatic rings. The van der Waals surface area contributed by atoms with Crippen molar-refractivity contribution in [3.63, 3.8) is 0 Å². The summed E-state index contributed by atoms with van der Waals surface area (Å²) in [6.45, 7) is 6.45. The van der Waals surface area contributed by atoms with Gasteiger partial charge in [-0.1, -0.05) is 0 Å². The highest BCUT2D eigenvalue weighted by atomic mass is 32.2.